The summed E-state index contributed by atoms with van der Waals surface area (Å²) in [4.78, 5) is 13.4. The van der Waals surface area contributed by atoms with E-state index in [2.05, 4.69) is 0 Å². The van der Waals surface area contributed by atoms with E-state index in [0.717, 1.165) is 6.92 Å². The highest BCUT2D eigenvalue weighted by Crippen LogP contribution is 2.29. The zero-order chi connectivity index (χ0) is 14.8. The summed E-state index contributed by atoms with van der Waals surface area (Å²) in [6.07, 6.45) is -0.162. The van der Waals surface area contributed by atoms with E-state index in [-0.39, 0.29) is 18.9 Å². The van der Waals surface area contributed by atoms with Gasteiger partial charge in [0.2, 0.25) is 5.92 Å². The van der Waals surface area contributed by atoms with Gasteiger partial charge in [0.05, 0.1) is 0 Å². The summed E-state index contributed by atoms with van der Waals surface area (Å²) in [7, 11) is 0. The lowest BCUT2D eigenvalue weighted by Crippen LogP contribution is -2.52. The summed E-state index contributed by atoms with van der Waals surface area (Å²) >= 11 is 0. The fourth-order valence-corrected chi connectivity index (χ4v) is 2.24. The van der Waals surface area contributed by atoms with Gasteiger partial charge in [-0.15, -0.1) is 0 Å². The van der Waals surface area contributed by atoms with Gasteiger partial charge < -0.3 is 15.4 Å². The second kappa shape index (κ2) is 5.61. The van der Waals surface area contributed by atoms with Gasteiger partial charge in [0.25, 0.3) is 0 Å². The summed E-state index contributed by atoms with van der Waals surface area (Å²) in [5, 5.41) is 0. The van der Waals surface area contributed by atoms with Gasteiger partial charge in [0, 0.05) is 25.6 Å². The smallest absolute Gasteiger partial charge is 0.410 e. The number of alkyl halides is 2. The maximum absolute atomic E-state index is 13.0. The first-order chi connectivity index (χ1) is 8.48. The van der Waals surface area contributed by atoms with Gasteiger partial charge in [-0.1, -0.05) is 0 Å². The molecule has 1 aliphatic heterocycles. The number of nitrogens with two attached hydrogens (primary N) is 1. The molecule has 2 unspecified atom stereocenters. The maximum Gasteiger partial charge on any atom is 0.410 e. The van der Waals surface area contributed by atoms with E-state index in [9.17, 15) is 13.6 Å². The Morgan fingerprint density at radius 2 is 1.95 bits per heavy atom. The van der Waals surface area contributed by atoms with Gasteiger partial charge in [-0.3, -0.25) is 0 Å². The molecule has 19 heavy (non-hydrogen) atoms. The quantitative estimate of drug-likeness (QED) is 0.844. The van der Waals surface area contributed by atoms with E-state index >= 15 is 0 Å². The van der Waals surface area contributed by atoms with Crippen LogP contribution < -0.4 is 5.73 Å². The topological polar surface area (TPSA) is 55.6 Å². The van der Waals surface area contributed by atoms with Crippen molar-refractivity contribution in [1.29, 1.82) is 0 Å². The molecule has 1 aliphatic rings. The molecule has 4 nitrogen and oxygen atoms in total. The lowest BCUT2D eigenvalue weighted by Gasteiger charge is -2.38. The number of halogens is 2. The Hall–Kier alpha value is -0.910. The Morgan fingerprint density at radius 3 is 2.37 bits per heavy atom. The van der Waals surface area contributed by atoms with Crippen molar-refractivity contribution in [1.82, 2.24) is 4.90 Å². The van der Waals surface area contributed by atoms with Crippen LogP contribution in [0.2, 0.25) is 0 Å². The summed E-state index contributed by atoms with van der Waals surface area (Å²) in [6.45, 7) is 6.96. The Labute approximate surface area is 113 Å². The highest BCUT2D eigenvalue weighted by atomic mass is 19.3. The number of hydrogen-bond acceptors (Lipinski definition) is 3. The molecule has 6 heteroatoms. The predicted molar refractivity (Wildman–Crippen MR) is 69.1 cm³/mol. The average molecular weight is 278 g/mol. The first-order valence-electron chi connectivity index (χ1n) is 6.59. The largest absolute Gasteiger partial charge is 0.444 e. The fourth-order valence-electron chi connectivity index (χ4n) is 2.24. The number of amides is 1. The third-order valence-corrected chi connectivity index (χ3v) is 3.08. The third kappa shape index (κ3) is 5.72. The number of rotatable bonds is 2. The zero-order valence-electron chi connectivity index (χ0n) is 12.1. The molecule has 1 rings (SSSR count). The second-order valence-electron chi connectivity index (χ2n) is 6.41. The molecule has 0 aliphatic carbocycles. The SMILES string of the molecule is CC(F)(F)CC1CCN(C(=O)OC(C)(C)C)CC1N. The van der Waals surface area contributed by atoms with E-state index in [4.69, 9.17) is 10.5 Å². The number of piperidine rings is 1. The third-order valence-electron chi connectivity index (χ3n) is 3.08. The van der Waals surface area contributed by atoms with Crippen LogP contribution in [0.5, 0.6) is 0 Å². The lowest BCUT2D eigenvalue weighted by atomic mass is 9.87. The molecule has 2 atom stereocenters. The van der Waals surface area contributed by atoms with Crippen LogP contribution in [0.1, 0.15) is 40.5 Å². The van der Waals surface area contributed by atoms with E-state index in [1.165, 1.54) is 4.90 Å². The summed E-state index contributed by atoms with van der Waals surface area (Å²) in [6, 6.07) is -0.424. The van der Waals surface area contributed by atoms with Crippen molar-refractivity contribution >= 4 is 6.09 Å². The summed E-state index contributed by atoms with van der Waals surface area (Å²) in [5.74, 6) is -2.96. The molecular formula is C13H24F2N2O2. The molecule has 0 spiro atoms. The number of ether oxygens (including phenoxy) is 1. The fraction of sp³-hybridized carbons (Fsp3) is 0.923. The first kappa shape index (κ1) is 16.1. The van der Waals surface area contributed by atoms with Gasteiger partial charge >= 0.3 is 6.09 Å². The van der Waals surface area contributed by atoms with Crippen molar-refractivity contribution in [2.75, 3.05) is 13.1 Å². The van der Waals surface area contributed by atoms with Gasteiger partial charge in [-0.05, 0) is 40.0 Å². The van der Waals surface area contributed by atoms with Crippen LogP contribution in [0.25, 0.3) is 0 Å². The molecule has 2 N–H and O–H groups in total. The van der Waals surface area contributed by atoms with Gasteiger partial charge in [-0.25, -0.2) is 13.6 Å². The van der Waals surface area contributed by atoms with E-state index in [1.807, 2.05) is 0 Å². The van der Waals surface area contributed by atoms with Crippen molar-refractivity contribution in [3.63, 3.8) is 0 Å². The normalized spacial score (nSPS) is 25.3. The Bertz CT molecular complexity index is 324. The van der Waals surface area contributed by atoms with Crippen molar-refractivity contribution in [3.05, 3.63) is 0 Å². The van der Waals surface area contributed by atoms with Gasteiger partial charge in [-0.2, -0.15) is 0 Å². The molecule has 0 saturated carbocycles. The first-order valence-corrected chi connectivity index (χ1v) is 6.59. The lowest BCUT2D eigenvalue weighted by molar-refractivity contribution is -0.0214. The summed E-state index contributed by atoms with van der Waals surface area (Å²) in [5.41, 5.74) is 5.33. The standard InChI is InChI=1S/C13H24F2N2O2/c1-12(2,3)19-11(18)17-6-5-9(10(16)8-17)7-13(4,14)15/h9-10H,5-8,16H2,1-4H3. The minimum atomic E-state index is -2.71. The number of hydrogen-bond donors (Lipinski definition) is 1. The van der Waals surface area contributed by atoms with Gasteiger partial charge in [0.15, 0.2) is 0 Å². The monoisotopic (exact) mass is 278 g/mol. The number of carbonyl (C=O) groups is 1. The minimum absolute atomic E-state index is 0.226. The molecule has 0 aromatic carbocycles. The molecule has 0 aromatic heterocycles. The molecule has 1 heterocycles. The Morgan fingerprint density at radius 1 is 1.37 bits per heavy atom. The molecule has 1 fully saturated rings. The van der Waals surface area contributed by atoms with Crippen LogP contribution in [0.4, 0.5) is 13.6 Å². The molecule has 0 radical (unpaired) electrons. The highest BCUT2D eigenvalue weighted by Gasteiger charge is 2.36. The van der Waals surface area contributed by atoms with Crippen molar-refractivity contribution in [3.8, 4) is 0 Å². The maximum atomic E-state index is 13.0. The average Bonchev–Trinajstić information content (AvgIpc) is 2.16. The Kier molecular flexibility index (Phi) is 4.76. The number of nitrogens with zero attached hydrogens (tertiary/aromatic N) is 1. The van der Waals surface area contributed by atoms with Crippen LogP contribution in [-0.4, -0.2) is 41.6 Å². The zero-order valence-corrected chi connectivity index (χ0v) is 12.1. The summed E-state index contributed by atoms with van der Waals surface area (Å²) < 4.78 is 31.2. The van der Waals surface area contributed by atoms with E-state index < -0.39 is 23.7 Å². The number of likely N-dealkylation sites (tertiary alicyclic amines) is 1. The number of carbonyl (C=O) groups excluding carboxylic acids is 1. The minimum Gasteiger partial charge on any atom is -0.444 e. The van der Waals surface area contributed by atoms with Crippen LogP contribution in [0.3, 0.4) is 0 Å². The van der Waals surface area contributed by atoms with Gasteiger partial charge in [0.1, 0.15) is 5.60 Å². The highest BCUT2D eigenvalue weighted by molar-refractivity contribution is 5.68. The van der Waals surface area contributed by atoms with E-state index in [0.29, 0.717) is 13.0 Å². The van der Waals surface area contributed by atoms with Crippen LogP contribution in [0, 0.1) is 5.92 Å². The molecule has 0 bridgehead atoms. The molecule has 1 saturated heterocycles. The molecule has 1 amide bonds. The van der Waals surface area contributed by atoms with E-state index in [1.54, 1.807) is 20.8 Å². The van der Waals surface area contributed by atoms with Crippen molar-refractivity contribution in [2.45, 2.75) is 58.1 Å². The second-order valence-corrected chi connectivity index (χ2v) is 6.41. The predicted octanol–water partition coefficient (Wildman–Crippen LogP) is 2.62. The van der Waals surface area contributed by atoms with Crippen LogP contribution in [0.15, 0.2) is 0 Å². The van der Waals surface area contributed by atoms with Crippen molar-refractivity contribution in [2.24, 2.45) is 11.7 Å². The van der Waals surface area contributed by atoms with Crippen LogP contribution >= 0.6 is 0 Å². The molecule has 112 valence electrons. The molecular weight excluding hydrogens is 254 g/mol. The Balaban J connectivity index is 2.52. The van der Waals surface area contributed by atoms with Crippen molar-refractivity contribution < 1.29 is 18.3 Å². The molecule has 0 aromatic rings. The van der Waals surface area contributed by atoms with Crippen LogP contribution in [-0.2, 0) is 4.74 Å².